The van der Waals surface area contributed by atoms with Crippen LogP contribution >= 0.6 is 11.6 Å². The minimum Gasteiger partial charge on any atom is -0.381 e. The second-order valence-electron chi connectivity index (χ2n) is 5.74. The predicted molar refractivity (Wildman–Crippen MR) is 88.9 cm³/mol. The molecule has 1 heterocycles. The van der Waals surface area contributed by atoms with Crippen molar-refractivity contribution in [3.8, 4) is 0 Å². The van der Waals surface area contributed by atoms with E-state index in [2.05, 4.69) is 36.5 Å². The number of hydrogen-bond donors (Lipinski definition) is 1. The molecule has 3 rings (SSSR count). The molecule has 1 saturated heterocycles. The highest BCUT2D eigenvalue weighted by molar-refractivity contribution is 6.35. The fraction of sp³-hybridized carbons (Fsp3) is 0.444. The lowest BCUT2D eigenvalue weighted by Crippen LogP contribution is -2.29. The SMILES string of the molecule is CCCNC(c1ccc(Cl)c2ccccc12)C1CCOC1. The third-order valence-corrected chi connectivity index (χ3v) is 4.62. The van der Waals surface area contributed by atoms with Crippen LogP contribution in [0, 0.1) is 5.92 Å². The Morgan fingerprint density at radius 3 is 2.76 bits per heavy atom. The van der Waals surface area contributed by atoms with Crippen LogP contribution in [0.4, 0.5) is 0 Å². The third-order valence-electron chi connectivity index (χ3n) is 4.29. The molecule has 1 N–H and O–H groups in total. The van der Waals surface area contributed by atoms with Crippen LogP contribution in [0.3, 0.4) is 0 Å². The number of rotatable bonds is 5. The molecule has 1 fully saturated rings. The second kappa shape index (κ2) is 6.78. The third kappa shape index (κ3) is 3.08. The zero-order chi connectivity index (χ0) is 14.7. The average Bonchev–Trinajstić information content (AvgIpc) is 3.04. The zero-order valence-electron chi connectivity index (χ0n) is 12.4. The highest BCUT2D eigenvalue weighted by atomic mass is 35.5. The molecular formula is C18H22ClNO. The van der Waals surface area contributed by atoms with Crippen LogP contribution in [0.5, 0.6) is 0 Å². The molecule has 2 atom stereocenters. The van der Waals surface area contributed by atoms with Crippen LogP contribution < -0.4 is 5.32 Å². The molecule has 0 aromatic heterocycles. The summed E-state index contributed by atoms with van der Waals surface area (Å²) < 4.78 is 5.61. The number of ether oxygens (including phenoxy) is 1. The van der Waals surface area contributed by atoms with Gasteiger partial charge in [-0.25, -0.2) is 0 Å². The van der Waals surface area contributed by atoms with Gasteiger partial charge in [-0.1, -0.05) is 48.9 Å². The lowest BCUT2D eigenvalue weighted by atomic mass is 9.89. The summed E-state index contributed by atoms with van der Waals surface area (Å²) in [5, 5.41) is 6.93. The highest BCUT2D eigenvalue weighted by Crippen LogP contribution is 2.35. The van der Waals surface area contributed by atoms with Crippen molar-refractivity contribution in [1.29, 1.82) is 0 Å². The van der Waals surface area contributed by atoms with Gasteiger partial charge in [0.2, 0.25) is 0 Å². The first-order valence-corrected chi connectivity index (χ1v) is 8.17. The van der Waals surface area contributed by atoms with E-state index < -0.39 is 0 Å². The normalized spacial score (nSPS) is 20.0. The maximum atomic E-state index is 6.35. The van der Waals surface area contributed by atoms with Gasteiger partial charge in [0.1, 0.15) is 0 Å². The summed E-state index contributed by atoms with van der Waals surface area (Å²) in [6.45, 7) is 4.95. The predicted octanol–water partition coefficient (Wildman–Crippen LogP) is 4.57. The summed E-state index contributed by atoms with van der Waals surface area (Å²) in [4.78, 5) is 0. The van der Waals surface area contributed by atoms with Crippen molar-refractivity contribution in [3.63, 3.8) is 0 Å². The molecule has 3 heteroatoms. The van der Waals surface area contributed by atoms with Gasteiger partial charge in [-0.05, 0) is 36.4 Å². The molecule has 1 aliphatic heterocycles. The van der Waals surface area contributed by atoms with Gasteiger partial charge in [0.15, 0.2) is 0 Å². The number of fused-ring (bicyclic) bond motifs is 1. The van der Waals surface area contributed by atoms with Crippen LogP contribution in [0.2, 0.25) is 5.02 Å². The van der Waals surface area contributed by atoms with E-state index in [1.165, 1.54) is 10.9 Å². The van der Waals surface area contributed by atoms with Gasteiger partial charge in [-0.3, -0.25) is 0 Å². The monoisotopic (exact) mass is 303 g/mol. The lowest BCUT2D eigenvalue weighted by molar-refractivity contribution is 0.177. The van der Waals surface area contributed by atoms with E-state index in [0.29, 0.717) is 12.0 Å². The molecule has 0 saturated carbocycles. The smallest absolute Gasteiger partial charge is 0.0513 e. The maximum Gasteiger partial charge on any atom is 0.0513 e. The van der Waals surface area contributed by atoms with Crippen molar-refractivity contribution in [1.82, 2.24) is 5.32 Å². The van der Waals surface area contributed by atoms with Crippen molar-refractivity contribution >= 4 is 22.4 Å². The van der Waals surface area contributed by atoms with Crippen molar-refractivity contribution in [3.05, 3.63) is 47.0 Å². The molecule has 0 spiro atoms. The first-order chi connectivity index (χ1) is 10.3. The molecule has 2 aromatic carbocycles. The Balaban J connectivity index is 2.03. The van der Waals surface area contributed by atoms with E-state index in [4.69, 9.17) is 16.3 Å². The summed E-state index contributed by atoms with van der Waals surface area (Å²) in [7, 11) is 0. The lowest BCUT2D eigenvalue weighted by Gasteiger charge is -2.26. The summed E-state index contributed by atoms with van der Waals surface area (Å²) >= 11 is 6.35. The first-order valence-electron chi connectivity index (χ1n) is 7.79. The molecule has 0 aliphatic carbocycles. The Kier molecular flexibility index (Phi) is 4.79. The Bertz CT molecular complexity index is 607. The van der Waals surface area contributed by atoms with Gasteiger partial charge >= 0.3 is 0 Å². The van der Waals surface area contributed by atoms with Crippen LogP contribution in [-0.2, 0) is 4.74 Å². The van der Waals surface area contributed by atoms with Crippen molar-refractivity contribution in [2.45, 2.75) is 25.8 Å². The summed E-state index contributed by atoms with van der Waals surface area (Å²) in [5.41, 5.74) is 1.35. The summed E-state index contributed by atoms with van der Waals surface area (Å²) in [6.07, 6.45) is 2.26. The van der Waals surface area contributed by atoms with Crippen molar-refractivity contribution in [2.24, 2.45) is 5.92 Å². The molecule has 0 radical (unpaired) electrons. The zero-order valence-corrected chi connectivity index (χ0v) is 13.2. The molecule has 0 bridgehead atoms. The highest BCUT2D eigenvalue weighted by Gasteiger charge is 2.27. The molecule has 21 heavy (non-hydrogen) atoms. The molecular weight excluding hydrogens is 282 g/mol. The van der Waals surface area contributed by atoms with E-state index >= 15 is 0 Å². The summed E-state index contributed by atoms with van der Waals surface area (Å²) in [6, 6.07) is 13.0. The Morgan fingerprint density at radius 2 is 2.05 bits per heavy atom. The summed E-state index contributed by atoms with van der Waals surface area (Å²) in [5.74, 6) is 0.543. The van der Waals surface area contributed by atoms with Crippen LogP contribution in [-0.4, -0.2) is 19.8 Å². The minimum atomic E-state index is 0.342. The van der Waals surface area contributed by atoms with E-state index in [1.54, 1.807) is 0 Å². The van der Waals surface area contributed by atoms with Gasteiger partial charge < -0.3 is 10.1 Å². The van der Waals surface area contributed by atoms with E-state index in [1.807, 2.05) is 12.1 Å². The van der Waals surface area contributed by atoms with Crippen LogP contribution in [0.1, 0.15) is 31.4 Å². The fourth-order valence-electron chi connectivity index (χ4n) is 3.20. The quantitative estimate of drug-likeness (QED) is 0.873. The van der Waals surface area contributed by atoms with Crippen LogP contribution in [0.25, 0.3) is 10.8 Å². The minimum absolute atomic E-state index is 0.342. The average molecular weight is 304 g/mol. The van der Waals surface area contributed by atoms with E-state index in [0.717, 1.165) is 43.0 Å². The van der Waals surface area contributed by atoms with E-state index in [9.17, 15) is 0 Å². The Morgan fingerprint density at radius 1 is 1.24 bits per heavy atom. The van der Waals surface area contributed by atoms with E-state index in [-0.39, 0.29) is 0 Å². The van der Waals surface area contributed by atoms with Gasteiger partial charge in [0, 0.05) is 29.0 Å². The first kappa shape index (κ1) is 14.8. The Hall–Kier alpha value is -1.09. The molecule has 2 unspecified atom stereocenters. The van der Waals surface area contributed by atoms with Gasteiger partial charge in [0.25, 0.3) is 0 Å². The molecule has 112 valence electrons. The number of halogens is 1. The number of benzene rings is 2. The second-order valence-corrected chi connectivity index (χ2v) is 6.14. The molecule has 0 amide bonds. The van der Waals surface area contributed by atoms with Crippen molar-refractivity contribution in [2.75, 3.05) is 19.8 Å². The fourth-order valence-corrected chi connectivity index (χ4v) is 3.43. The van der Waals surface area contributed by atoms with Gasteiger partial charge in [-0.2, -0.15) is 0 Å². The molecule has 1 aliphatic rings. The van der Waals surface area contributed by atoms with Crippen LogP contribution in [0.15, 0.2) is 36.4 Å². The molecule has 2 aromatic rings. The number of hydrogen-bond acceptors (Lipinski definition) is 2. The topological polar surface area (TPSA) is 21.3 Å². The standard InChI is InChI=1S/C18H22ClNO/c1-2-10-20-18(13-9-11-21-12-13)16-7-8-17(19)15-6-4-3-5-14(15)16/h3-8,13,18,20H,2,9-12H2,1H3. The number of nitrogens with one attached hydrogen (secondary N) is 1. The largest absolute Gasteiger partial charge is 0.381 e. The van der Waals surface area contributed by atoms with Gasteiger partial charge in [-0.15, -0.1) is 0 Å². The van der Waals surface area contributed by atoms with Gasteiger partial charge in [0.05, 0.1) is 6.61 Å². The van der Waals surface area contributed by atoms with Crippen molar-refractivity contribution < 1.29 is 4.74 Å². The maximum absolute atomic E-state index is 6.35. The molecule has 2 nitrogen and oxygen atoms in total. The Labute approximate surface area is 131 Å².